The van der Waals surface area contributed by atoms with Gasteiger partial charge in [0.2, 0.25) is 0 Å². The third kappa shape index (κ3) is 4.89. The van der Waals surface area contributed by atoms with Crippen LogP contribution in [0.25, 0.3) is 0 Å². The maximum atomic E-state index is 14.0. The lowest BCUT2D eigenvalue weighted by Crippen LogP contribution is -2.38. The molecule has 2 aromatic carbocycles. The first-order valence-corrected chi connectivity index (χ1v) is 10.4. The van der Waals surface area contributed by atoms with Crippen LogP contribution in [-0.2, 0) is 14.2 Å². The molecule has 0 radical (unpaired) electrons. The second kappa shape index (κ2) is 9.62. The van der Waals surface area contributed by atoms with Crippen molar-refractivity contribution in [3.8, 4) is 5.75 Å². The molecule has 2 aromatic rings. The lowest BCUT2D eigenvalue weighted by atomic mass is 10.0. The summed E-state index contributed by atoms with van der Waals surface area (Å²) >= 11 is 0. The minimum absolute atomic E-state index is 0.0889. The van der Waals surface area contributed by atoms with Gasteiger partial charge in [-0.3, -0.25) is 0 Å². The van der Waals surface area contributed by atoms with Gasteiger partial charge in [0.25, 0.3) is 0 Å². The predicted octanol–water partition coefficient (Wildman–Crippen LogP) is 4.88. The number of imide groups is 1. The first-order chi connectivity index (χ1) is 15.4. The molecule has 0 aliphatic carbocycles. The molecule has 4 rings (SSSR count). The quantitative estimate of drug-likeness (QED) is 0.651. The van der Waals surface area contributed by atoms with Crippen molar-refractivity contribution in [3.63, 3.8) is 0 Å². The second-order valence-corrected chi connectivity index (χ2v) is 7.72. The van der Waals surface area contributed by atoms with Gasteiger partial charge in [-0.05, 0) is 56.0 Å². The molecule has 0 saturated carbocycles. The Morgan fingerprint density at radius 2 is 1.91 bits per heavy atom. The number of ether oxygens (including phenoxy) is 4. The summed E-state index contributed by atoms with van der Waals surface area (Å²) in [6.07, 6.45) is -0.800. The number of hydrogen-bond donors (Lipinski definition) is 0. The van der Waals surface area contributed by atoms with Gasteiger partial charge in [-0.2, -0.15) is 0 Å². The molecule has 0 N–H and O–H groups in total. The number of cyclic esters (lactones) is 1. The summed E-state index contributed by atoms with van der Waals surface area (Å²) < 4.78 is 49.4. The van der Waals surface area contributed by atoms with Crippen LogP contribution in [0, 0.1) is 18.6 Å². The van der Waals surface area contributed by atoms with Crippen LogP contribution in [0.4, 0.5) is 18.4 Å². The van der Waals surface area contributed by atoms with Crippen LogP contribution < -0.4 is 4.74 Å². The van der Waals surface area contributed by atoms with Crippen LogP contribution in [0.15, 0.2) is 42.5 Å². The van der Waals surface area contributed by atoms with Crippen LogP contribution in [-0.4, -0.2) is 42.7 Å². The van der Waals surface area contributed by atoms with E-state index < -0.39 is 42.3 Å². The number of amides is 2. The number of carbonyl (C=O) groups excluding carboxylic acids is 2. The molecule has 0 bridgehead atoms. The summed E-state index contributed by atoms with van der Waals surface area (Å²) in [5.41, 5.74) is 1.14. The average molecular weight is 447 g/mol. The summed E-state index contributed by atoms with van der Waals surface area (Å²) in [5, 5.41) is 0. The Morgan fingerprint density at radius 1 is 1.12 bits per heavy atom. The fraction of sp³-hybridized carbons (Fsp3) is 0.391. The van der Waals surface area contributed by atoms with Crippen molar-refractivity contribution < 1.29 is 37.3 Å². The van der Waals surface area contributed by atoms with E-state index in [1.54, 1.807) is 24.3 Å². The predicted molar refractivity (Wildman–Crippen MR) is 108 cm³/mol. The van der Waals surface area contributed by atoms with E-state index in [0.29, 0.717) is 13.0 Å². The number of aryl methyl sites for hydroxylation is 1. The number of halogens is 2. The number of rotatable bonds is 5. The Labute approximate surface area is 183 Å². The summed E-state index contributed by atoms with van der Waals surface area (Å²) in [6.45, 7) is 2.36. The van der Waals surface area contributed by atoms with Crippen LogP contribution >= 0.6 is 0 Å². The monoisotopic (exact) mass is 447 g/mol. The number of benzene rings is 2. The Hall–Kier alpha value is -3.04. The van der Waals surface area contributed by atoms with E-state index in [0.717, 1.165) is 35.4 Å². The van der Waals surface area contributed by atoms with E-state index in [-0.39, 0.29) is 17.9 Å². The van der Waals surface area contributed by atoms with Gasteiger partial charge in [0.05, 0.1) is 6.61 Å². The fourth-order valence-corrected chi connectivity index (χ4v) is 3.70. The fourth-order valence-electron chi connectivity index (χ4n) is 3.70. The van der Waals surface area contributed by atoms with E-state index in [2.05, 4.69) is 0 Å². The van der Waals surface area contributed by atoms with Gasteiger partial charge in [0.1, 0.15) is 11.8 Å². The molecule has 3 unspecified atom stereocenters. The molecule has 7 nitrogen and oxygen atoms in total. The zero-order chi connectivity index (χ0) is 22.7. The first kappa shape index (κ1) is 22.2. The van der Waals surface area contributed by atoms with Gasteiger partial charge in [0.15, 0.2) is 24.0 Å². The third-order valence-corrected chi connectivity index (χ3v) is 5.37. The van der Waals surface area contributed by atoms with Crippen molar-refractivity contribution in [2.24, 2.45) is 0 Å². The highest BCUT2D eigenvalue weighted by atomic mass is 19.2. The smallest absolute Gasteiger partial charge is 0.425 e. The topological polar surface area (TPSA) is 74.3 Å². The molecule has 0 spiro atoms. The highest BCUT2D eigenvalue weighted by Gasteiger charge is 2.48. The van der Waals surface area contributed by atoms with Crippen molar-refractivity contribution in [3.05, 3.63) is 65.2 Å². The summed E-state index contributed by atoms with van der Waals surface area (Å²) in [7, 11) is 0. The molecule has 32 heavy (non-hydrogen) atoms. The molecule has 2 aliphatic rings. The Balaban J connectivity index is 1.57. The Morgan fingerprint density at radius 3 is 2.59 bits per heavy atom. The van der Waals surface area contributed by atoms with E-state index in [1.807, 2.05) is 6.92 Å². The third-order valence-electron chi connectivity index (χ3n) is 5.37. The SMILES string of the molecule is Cc1ccc(OC(=O)N2C(=O)OC(COC3CCCCO3)C2c2ccc(F)c(F)c2)cc1. The molecule has 2 aliphatic heterocycles. The van der Waals surface area contributed by atoms with Crippen molar-refractivity contribution in [1.82, 2.24) is 4.90 Å². The first-order valence-electron chi connectivity index (χ1n) is 10.4. The standard InChI is InChI=1S/C23H23F2NO6/c1-14-5-8-16(9-6-14)31-22(27)26-21(15-7-10-17(24)18(25)12-15)19(32-23(26)28)13-30-20-4-2-3-11-29-20/h5-10,12,19-21H,2-4,11,13H2,1H3. The molecular weight excluding hydrogens is 424 g/mol. The van der Waals surface area contributed by atoms with Crippen molar-refractivity contribution >= 4 is 12.2 Å². The lowest BCUT2D eigenvalue weighted by molar-refractivity contribution is -0.174. The molecule has 2 heterocycles. The van der Waals surface area contributed by atoms with E-state index >= 15 is 0 Å². The lowest BCUT2D eigenvalue weighted by Gasteiger charge is -2.26. The number of nitrogens with zero attached hydrogens (tertiary/aromatic N) is 1. The van der Waals surface area contributed by atoms with Gasteiger partial charge >= 0.3 is 12.2 Å². The van der Waals surface area contributed by atoms with Gasteiger partial charge in [0, 0.05) is 6.61 Å². The molecule has 2 amide bonds. The molecule has 2 fully saturated rings. The van der Waals surface area contributed by atoms with Crippen molar-refractivity contribution in [2.75, 3.05) is 13.2 Å². The highest BCUT2D eigenvalue weighted by molar-refractivity contribution is 5.91. The summed E-state index contributed by atoms with van der Waals surface area (Å²) in [6, 6.07) is 8.75. The zero-order valence-corrected chi connectivity index (χ0v) is 17.5. The van der Waals surface area contributed by atoms with E-state index in [9.17, 15) is 18.4 Å². The highest BCUT2D eigenvalue weighted by Crippen LogP contribution is 2.35. The molecule has 9 heteroatoms. The molecule has 0 aromatic heterocycles. The van der Waals surface area contributed by atoms with Crippen LogP contribution in [0.3, 0.4) is 0 Å². The average Bonchev–Trinajstić information content (AvgIpc) is 3.12. The van der Waals surface area contributed by atoms with Gasteiger partial charge in [-0.1, -0.05) is 23.8 Å². The van der Waals surface area contributed by atoms with Crippen molar-refractivity contribution in [2.45, 2.75) is 44.6 Å². The largest absolute Gasteiger partial charge is 0.441 e. The molecule has 3 atom stereocenters. The zero-order valence-electron chi connectivity index (χ0n) is 17.5. The second-order valence-electron chi connectivity index (χ2n) is 7.72. The van der Waals surface area contributed by atoms with Crippen molar-refractivity contribution in [1.29, 1.82) is 0 Å². The van der Waals surface area contributed by atoms with Gasteiger partial charge in [-0.25, -0.2) is 23.3 Å². The summed E-state index contributed by atoms with van der Waals surface area (Å²) in [5.74, 6) is -1.92. The number of hydrogen-bond acceptors (Lipinski definition) is 6. The minimum Gasteiger partial charge on any atom is -0.441 e. The van der Waals surface area contributed by atoms with Gasteiger partial charge < -0.3 is 18.9 Å². The van der Waals surface area contributed by atoms with Crippen LogP contribution in [0.5, 0.6) is 5.75 Å². The molecule has 2 saturated heterocycles. The molecular formula is C23H23F2NO6. The van der Waals surface area contributed by atoms with E-state index in [4.69, 9.17) is 18.9 Å². The normalized spacial score (nSPS) is 23.2. The Kier molecular flexibility index (Phi) is 6.66. The van der Waals surface area contributed by atoms with E-state index in [1.165, 1.54) is 6.07 Å². The summed E-state index contributed by atoms with van der Waals surface area (Å²) in [4.78, 5) is 26.2. The maximum absolute atomic E-state index is 14.0. The van der Waals surface area contributed by atoms with Crippen LogP contribution in [0.2, 0.25) is 0 Å². The van der Waals surface area contributed by atoms with Gasteiger partial charge in [-0.15, -0.1) is 0 Å². The Bertz CT molecular complexity index is 977. The number of carbonyl (C=O) groups is 2. The minimum atomic E-state index is -1.11. The maximum Gasteiger partial charge on any atom is 0.425 e. The molecule has 170 valence electrons. The van der Waals surface area contributed by atoms with Crippen LogP contribution in [0.1, 0.15) is 36.4 Å².